The first-order valence-electron chi connectivity index (χ1n) is 11.9. The predicted octanol–water partition coefficient (Wildman–Crippen LogP) is 3.86. The van der Waals surface area contributed by atoms with Gasteiger partial charge in [-0.15, -0.1) is 0 Å². The number of hydrogen-bond donors (Lipinski definition) is 2. The highest BCUT2D eigenvalue weighted by atomic mass is 16.3. The minimum absolute atomic E-state index is 0.142. The lowest BCUT2D eigenvalue weighted by molar-refractivity contribution is -0.133. The van der Waals surface area contributed by atoms with Crippen molar-refractivity contribution in [1.29, 1.82) is 0 Å². The van der Waals surface area contributed by atoms with Crippen molar-refractivity contribution in [2.75, 3.05) is 13.1 Å². The standard InChI is InChI=1S/C26H28N6O2/c1-17-7-11-30(24(34)9-13-31-21-5-3-2-4-20(21)29-23(31)16-33)15-22(17)32-12-8-18-14-28-26-19(25(18)32)6-10-27-26/h2-6,8,10,12,14,17,22,33H,7,9,11,13,15-16H2,1H3,(H,27,28). The van der Waals surface area contributed by atoms with E-state index in [0.717, 1.165) is 40.4 Å². The van der Waals surface area contributed by atoms with E-state index in [0.29, 0.717) is 31.3 Å². The summed E-state index contributed by atoms with van der Waals surface area (Å²) in [5.41, 5.74) is 3.86. The van der Waals surface area contributed by atoms with Crippen molar-refractivity contribution >= 4 is 38.9 Å². The van der Waals surface area contributed by atoms with Gasteiger partial charge in [-0.1, -0.05) is 19.1 Å². The zero-order chi connectivity index (χ0) is 23.2. The number of nitrogens with zero attached hydrogens (tertiary/aromatic N) is 5. The largest absolute Gasteiger partial charge is 0.388 e. The summed E-state index contributed by atoms with van der Waals surface area (Å²) in [5.74, 6) is 1.20. The molecule has 0 bridgehead atoms. The van der Waals surface area contributed by atoms with Gasteiger partial charge in [-0.2, -0.15) is 0 Å². The SMILES string of the molecule is CC1CCN(C(=O)CCn2c(CO)nc3ccccc32)CC1n1ccc2cnc3[nH]ccc3c21. The minimum Gasteiger partial charge on any atom is -0.388 e. The first-order chi connectivity index (χ1) is 16.6. The Labute approximate surface area is 196 Å². The Morgan fingerprint density at radius 1 is 1.24 bits per heavy atom. The Kier molecular flexibility index (Phi) is 5.10. The van der Waals surface area contributed by atoms with Crippen molar-refractivity contribution in [3.8, 4) is 0 Å². The summed E-state index contributed by atoms with van der Waals surface area (Å²) in [6.45, 7) is 4.10. The van der Waals surface area contributed by atoms with Crippen LogP contribution in [0.2, 0.25) is 0 Å². The summed E-state index contributed by atoms with van der Waals surface area (Å²) in [5, 5.41) is 12.0. The van der Waals surface area contributed by atoms with E-state index in [-0.39, 0.29) is 18.6 Å². The first kappa shape index (κ1) is 20.9. The van der Waals surface area contributed by atoms with E-state index < -0.39 is 0 Å². The van der Waals surface area contributed by atoms with E-state index in [1.807, 2.05) is 46.1 Å². The number of aryl methyl sites for hydroxylation is 1. The van der Waals surface area contributed by atoms with Gasteiger partial charge in [-0.3, -0.25) is 4.79 Å². The topological polar surface area (TPSA) is 92.0 Å². The molecule has 0 spiro atoms. The number of para-hydroxylation sites is 2. The number of rotatable bonds is 5. The Balaban J connectivity index is 1.24. The van der Waals surface area contributed by atoms with Crippen LogP contribution in [-0.2, 0) is 17.9 Å². The number of aliphatic hydroxyl groups excluding tert-OH is 1. The fourth-order valence-electron chi connectivity index (χ4n) is 5.43. The second kappa shape index (κ2) is 8.29. The number of pyridine rings is 1. The third-order valence-electron chi connectivity index (χ3n) is 7.31. The van der Waals surface area contributed by atoms with Crippen molar-refractivity contribution < 1.29 is 9.90 Å². The second-order valence-electron chi connectivity index (χ2n) is 9.27. The van der Waals surface area contributed by atoms with Crippen LogP contribution in [0, 0.1) is 5.92 Å². The summed E-state index contributed by atoms with van der Waals surface area (Å²) >= 11 is 0. The molecular weight excluding hydrogens is 428 g/mol. The lowest BCUT2D eigenvalue weighted by Gasteiger charge is -2.38. The first-order valence-corrected chi connectivity index (χ1v) is 11.9. The molecule has 4 aromatic heterocycles. The predicted molar refractivity (Wildman–Crippen MR) is 131 cm³/mol. The van der Waals surface area contributed by atoms with Gasteiger partial charge in [0.05, 0.1) is 22.6 Å². The normalized spacial score (nSPS) is 18.9. The monoisotopic (exact) mass is 456 g/mol. The van der Waals surface area contributed by atoms with Gasteiger partial charge < -0.3 is 24.1 Å². The molecule has 5 heterocycles. The van der Waals surface area contributed by atoms with Crippen molar-refractivity contribution in [3.63, 3.8) is 0 Å². The van der Waals surface area contributed by atoms with Gasteiger partial charge in [0.15, 0.2) is 0 Å². The summed E-state index contributed by atoms with van der Waals surface area (Å²) in [6.07, 6.45) is 7.32. The van der Waals surface area contributed by atoms with Crippen LogP contribution in [-0.4, -0.2) is 53.1 Å². The molecule has 2 unspecified atom stereocenters. The van der Waals surface area contributed by atoms with Crippen LogP contribution >= 0.6 is 0 Å². The second-order valence-corrected chi connectivity index (χ2v) is 9.27. The van der Waals surface area contributed by atoms with Gasteiger partial charge in [0.25, 0.3) is 0 Å². The summed E-state index contributed by atoms with van der Waals surface area (Å²) in [7, 11) is 0. The quantitative estimate of drug-likeness (QED) is 0.420. The zero-order valence-electron chi connectivity index (χ0n) is 19.2. The van der Waals surface area contributed by atoms with Gasteiger partial charge in [-0.25, -0.2) is 9.97 Å². The van der Waals surface area contributed by atoms with Crippen LogP contribution in [0.1, 0.15) is 31.6 Å². The molecule has 1 aliphatic rings. The molecule has 0 aliphatic carbocycles. The lowest BCUT2D eigenvalue weighted by Crippen LogP contribution is -2.44. The zero-order valence-corrected chi connectivity index (χ0v) is 19.2. The van der Waals surface area contributed by atoms with Crippen molar-refractivity contribution in [2.24, 2.45) is 5.92 Å². The Hall–Kier alpha value is -3.65. The minimum atomic E-state index is -0.143. The molecule has 174 valence electrons. The molecule has 0 saturated carbocycles. The smallest absolute Gasteiger partial charge is 0.224 e. The fraction of sp³-hybridized carbons (Fsp3) is 0.346. The molecule has 1 saturated heterocycles. The number of piperidine rings is 1. The number of benzene rings is 1. The number of aromatic nitrogens is 5. The molecule has 1 fully saturated rings. The highest BCUT2D eigenvalue weighted by molar-refractivity contribution is 6.02. The maximum atomic E-state index is 13.3. The molecule has 1 amide bonds. The summed E-state index contributed by atoms with van der Waals surface area (Å²) in [6, 6.07) is 12.2. The molecule has 34 heavy (non-hydrogen) atoms. The number of H-pyrrole nitrogens is 1. The van der Waals surface area contributed by atoms with Crippen LogP contribution in [0.25, 0.3) is 33.0 Å². The van der Waals surface area contributed by atoms with Crippen LogP contribution < -0.4 is 0 Å². The molecule has 8 heteroatoms. The molecule has 1 aliphatic heterocycles. The van der Waals surface area contributed by atoms with Crippen molar-refractivity contribution in [2.45, 2.75) is 39.0 Å². The molecular formula is C26H28N6O2. The average molecular weight is 457 g/mol. The van der Waals surface area contributed by atoms with Gasteiger partial charge in [-0.05, 0) is 36.6 Å². The lowest BCUT2D eigenvalue weighted by atomic mass is 9.92. The van der Waals surface area contributed by atoms with Crippen LogP contribution in [0.15, 0.2) is 55.0 Å². The number of hydrogen-bond acceptors (Lipinski definition) is 4. The molecule has 6 rings (SSSR count). The molecule has 0 radical (unpaired) electrons. The van der Waals surface area contributed by atoms with E-state index in [4.69, 9.17) is 0 Å². The van der Waals surface area contributed by atoms with E-state index >= 15 is 0 Å². The van der Waals surface area contributed by atoms with Crippen LogP contribution in [0.3, 0.4) is 0 Å². The number of aliphatic hydroxyl groups is 1. The Morgan fingerprint density at radius 2 is 2.12 bits per heavy atom. The van der Waals surface area contributed by atoms with E-state index in [1.165, 1.54) is 5.52 Å². The van der Waals surface area contributed by atoms with Crippen LogP contribution in [0.5, 0.6) is 0 Å². The Morgan fingerprint density at radius 3 is 3.00 bits per heavy atom. The molecule has 8 nitrogen and oxygen atoms in total. The molecule has 2 N–H and O–H groups in total. The molecule has 1 aromatic carbocycles. The van der Waals surface area contributed by atoms with Crippen LogP contribution in [0.4, 0.5) is 0 Å². The van der Waals surface area contributed by atoms with Crippen molar-refractivity contribution in [3.05, 3.63) is 60.8 Å². The molecule has 5 aromatic rings. The van der Waals surface area contributed by atoms with Crippen molar-refractivity contribution in [1.82, 2.24) is 29.0 Å². The van der Waals surface area contributed by atoms with E-state index in [9.17, 15) is 9.90 Å². The van der Waals surface area contributed by atoms with E-state index in [1.54, 1.807) is 0 Å². The average Bonchev–Trinajstić information content (AvgIpc) is 3.58. The highest BCUT2D eigenvalue weighted by Gasteiger charge is 2.31. The Bertz CT molecular complexity index is 1500. The summed E-state index contributed by atoms with van der Waals surface area (Å²) < 4.78 is 4.30. The number of likely N-dealkylation sites (tertiary alicyclic amines) is 1. The third-order valence-corrected chi connectivity index (χ3v) is 7.31. The van der Waals surface area contributed by atoms with E-state index in [2.05, 4.69) is 44.8 Å². The van der Waals surface area contributed by atoms with Gasteiger partial charge in [0, 0.05) is 55.4 Å². The number of fused-ring (bicyclic) bond motifs is 4. The van der Waals surface area contributed by atoms with Gasteiger partial charge in [0.2, 0.25) is 5.91 Å². The fourth-order valence-corrected chi connectivity index (χ4v) is 5.43. The highest BCUT2D eigenvalue weighted by Crippen LogP contribution is 2.34. The number of aromatic amines is 1. The maximum absolute atomic E-state index is 13.3. The number of amides is 1. The number of imidazole rings is 1. The third kappa shape index (κ3) is 3.37. The maximum Gasteiger partial charge on any atom is 0.224 e. The number of carbonyl (C=O) groups is 1. The number of nitrogens with one attached hydrogen (secondary N) is 1. The summed E-state index contributed by atoms with van der Waals surface area (Å²) in [4.78, 5) is 27.5. The molecule has 2 atom stereocenters. The van der Waals surface area contributed by atoms with Gasteiger partial charge in [0.1, 0.15) is 18.1 Å². The number of carbonyl (C=O) groups excluding carboxylic acids is 1. The van der Waals surface area contributed by atoms with Gasteiger partial charge >= 0.3 is 0 Å².